The lowest BCUT2D eigenvalue weighted by molar-refractivity contribution is -0.132. The van der Waals surface area contributed by atoms with Gasteiger partial charge in [-0.3, -0.25) is 4.79 Å². The van der Waals surface area contributed by atoms with Crippen molar-refractivity contribution in [1.82, 2.24) is 9.21 Å². The topological polar surface area (TPSA) is 57.7 Å². The number of carbonyl (C=O) groups is 1. The average Bonchev–Trinajstić information content (AvgIpc) is 2.74. The second kappa shape index (κ2) is 9.00. The van der Waals surface area contributed by atoms with Crippen molar-refractivity contribution in [2.75, 3.05) is 26.2 Å². The van der Waals surface area contributed by atoms with Crippen molar-refractivity contribution < 1.29 is 22.0 Å². The third kappa shape index (κ3) is 5.00. The van der Waals surface area contributed by atoms with Crippen molar-refractivity contribution >= 4 is 15.9 Å². The minimum atomic E-state index is -4.15. The maximum atomic E-state index is 13.9. The number of piperazine rings is 1. The Bertz CT molecular complexity index is 970. The molecule has 1 heterocycles. The largest absolute Gasteiger partial charge is 0.340 e. The molecule has 0 N–H and O–H groups in total. The van der Waals surface area contributed by atoms with Crippen LogP contribution in [0.25, 0.3) is 0 Å². The molecule has 0 saturated carbocycles. The van der Waals surface area contributed by atoms with Crippen molar-refractivity contribution in [3.8, 4) is 0 Å². The van der Waals surface area contributed by atoms with Crippen LogP contribution in [0.4, 0.5) is 8.78 Å². The lowest BCUT2D eigenvalue weighted by Gasteiger charge is -2.34. The highest BCUT2D eigenvalue weighted by atomic mass is 32.2. The van der Waals surface area contributed by atoms with E-state index >= 15 is 0 Å². The molecule has 1 aliphatic heterocycles. The van der Waals surface area contributed by atoms with Crippen LogP contribution in [-0.2, 0) is 27.7 Å². The zero-order valence-electron chi connectivity index (χ0n) is 16.3. The van der Waals surface area contributed by atoms with Gasteiger partial charge in [-0.1, -0.05) is 31.2 Å². The molecule has 2 aromatic rings. The molecule has 0 atom stereocenters. The predicted octanol–water partition coefficient (Wildman–Crippen LogP) is 2.99. The number of amides is 1. The van der Waals surface area contributed by atoms with Gasteiger partial charge in [0.1, 0.15) is 16.5 Å². The van der Waals surface area contributed by atoms with E-state index in [0.717, 1.165) is 28.4 Å². The van der Waals surface area contributed by atoms with E-state index in [2.05, 4.69) is 19.1 Å². The summed E-state index contributed by atoms with van der Waals surface area (Å²) in [4.78, 5) is 13.4. The first-order chi connectivity index (χ1) is 13.8. The van der Waals surface area contributed by atoms with Gasteiger partial charge in [-0.25, -0.2) is 17.2 Å². The highest BCUT2D eigenvalue weighted by Crippen LogP contribution is 2.22. The van der Waals surface area contributed by atoms with E-state index in [1.807, 2.05) is 12.1 Å². The standard InChI is InChI=1S/C21H24F2N2O3S/c1-2-16-3-5-17(6-4-16)7-10-21(26)24-11-13-25(14-12-24)29(27,28)20-15-18(22)8-9-19(20)23/h3-6,8-9,15H,2,7,10-14H2,1H3. The summed E-state index contributed by atoms with van der Waals surface area (Å²) in [5, 5.41) is 0. The number of hydrogen-bond acceptors (Lipinski definition) is 3. The minimum absolute atomic E-state index is 0.0430. The second-order valence-electron chi connectivity index (χ2n) is 7.03. The summed E-state index contributed by atoms with van der Waals surface area (Å²) in [6.45, 7) is 2.64. The summed E-state index contributed by atoms with van der Waals surface area (Å²) in [6, 6.07) is 10.5. The molecular weight excluding hydrogens is 398 g/mol. The molecule has 3 rings (SSSR count). The Kier molecular flexibility index (Phi) is 6.64. The van der Waals surface area contributed by atoms with E-state index in [9.17, 15) is 22.0 Å². The lowest BCUT2D eigenvalue weighted by Crippen LogP contribution is -2.50. The van der Waals surface area contributed by atoms with E-state index in [0.29, 0.717) is 18.9 Å². The van der Waals surface area contributed by atoms with Crippen LogP contribution in [0.15, 0.2) is 47.4 Å². The maximum absolute atomic E-state index is 13.9. The zero-order chi connectivity index (χ0) is 21.0. The normalized spacial score (nSPS) is 15.5. The molecule has 29 heavy (non-hydrogen) atoms. The quantitative estimate of drug-likeness (QED) is 0.719. The highest BCUT2D eigenvalue weighted by Gasteiger charge is 2.32. The monoisotopic (exact) mass is 422 g/mol. The molecule has 0 aliphatic carbocycles. The van der Waals surface area contributed by atoms with Crippen molar-refractivity contribution in [2.24, 2.45) is 0 Å². The van der Waals surface area contributed by atoms with Crippen molar-refractivity contribution in [1.29, 1.82) is 0 Å². The van der Waals surface area contributed by atoms with E-state index in [1.54, 1.807) is 4.90 Å². The third-order valence-electron chi connectivity index (χ3n) is 5.16. The summed E-state index contributed by atoms with van der Waals surface area (Å²) in [5.41, 5.74) is 2.32. The molecule has 8 heteroatoms. The zero-order valence-corrected chi connectivity index (χ0v) is 17.1. The molecule has 0 bridgehead atoms. The number of carbonyl (C=O) groups excluding carboxylic acids is 1. The molecule has 0 unspecified atom stereocenters. The molecule has 156 valence electrons. The van der Waals surface area contributed by atoms with E-state index < -0.39 is 26.6 Å². The Morgan fingerprint density at radius 1 is 0.966 bits per heavy atom. The Balaban J connectivity index is 1.56. The molecule has 5 nitrogen and oxygen atoms in total. The molecular formula is C21H24F2N2O3S. The smallest absolute Gasteiger partial charge is 0.246 e. The van der Waals surface area contributed by atoms with Crippen molar-refractivity contribution in [3.63, 3.8) is 0 Å². The predicted molar refractivity (Wildman–Crippen MR) is 106 cm³/mol. The summed E-state index contributed by atoms with van der Waals surface area (Å²) in [7, 11) is -4.15. The maximum Gasteiger partial charge on any atom is 0.246 e. The first kappa shape index (κ1) is 21.4. The first-order valence-electron chi connectivity index (χ1n) is 9.62. The summed E-state index contributed by atoms with van der Waals surface area (Å²) >= 11 is 0. The SMILES string of the molecule is CCc1ccc(CCC(=O)N2CCN(S(=O)(=O)c3cc(F)ccc3F)CC2)cc1. The van der Waals surface area contributed by atoms with Crippen LogP contribution in [0.3, 0.4) is 0 Å². The number of sulfonamides is 1. The number of aryl methyl sites for hydroxylation is 2. The van der Waals surface area contributed by atoms with Gasteiger partial charge >= 0.3 is 0 Å². The number of hydrogen-bond donors (Lipinski definition) is 0. The van der Waals surface area contributed by atoms with Crippen molar-refractivity contribution in [3.05, 3.63) is 65.2 Å². The number of benzene rings is 2. The fourth-order valence-corrected chi connectivity index (χ4v) is 4.84. The lowest BCUT2D eigenvalue weighted by atomic mass is 10.1. The fourth-order valence-electron chi connectivity index (χ4n) is 3.34. The minimum Gasteiger partial charge on any atom is -0.340 e. The molecule has 1 fully saturated rings. The molecule has 1 amide bonds. The van der Waals surface area contributed by atoms with Crippen LogP contribution in [-0.4, -0.2) is 49.7 Å². The van der Waals surface area contributed by atoms with Gasteiger partial charge in [-0.2, -0.15) is 4.31 Å². The number of rotatable bonds is 6. The Morgan fingerprint density at radius 3 is 2.21 bits per heavy atom. The van der Waals surface area contributed by atoms with Gasteiger partial charge in [-0.05, 0) is 42.2 Å². The van der Waals surface area contributed by atoms with Crippen molar-refractivity contribution in [2.45, 2.75) is 31.1 Å². The van der Waals surface area contributed by atoms with Crippen LogP contribution < -0.4 is 0 Å². The fraction of sp³-hybridized carbons (Fsp3) is 0.381. The van der Waals surface area contributed by atoms with Crippen LogP contribution >= 0.6 is 0 Å². The van der Waals surface area contributed by atoms with E-state index in [-0.39, 0.29) is 32.1 Å². The Labute approximate surface area is 170 Å². The highest BCUT2D eigenvalue weighted by molar-refractivity contribution is 7.89. The molecule has 0 spiro atoms. The van der Waals surface area contributed by atoms with E-state index in [1.165, 1.54) is 5.56 Å². The van der Waals surface area contributed by atoms with Gasteiger partial charge in [-0.15, -0.1) is 0 Å². The average molecular weight is 422 g/mol. The third-order valence-corrected chi connectivity index (χ3v) is 7.07. The molecule has 0 radical (unpaired) electrons. The Morgan fingerprint density at radius 2 is 1.59 bits per heavy atom. The summed E-state index contributed by atoms with van der Waals surface area (Å²) < 4.78 is 53.6. The van der Waals surface area contributed by atoms with Crippen LogP contribution in [0, 0.1) is 11.6 Å². The first-order valence-corrected chi connectivity index (χ1v) is 11.1. The molecule has 1 saturated heterocycles. The molecule has 0 aromatic heterocycles. The summed E-state index contributed by atoms with van der Waals surface area (Å²) in [5.74, 6) is -1.84. The summed E-state index contributed by atoms with van der Waals surface area (Å²) in [6.07, 6.45) is 1.93. The number of nitrogens with zero attached hydrogens (tertiary/aromatic N) is 2. The molecule has 1 aliphatic rings. The van der Waals surface area contributed by atoms with Gasteiger partial charge in [0.15, 0.2) is 0 Å². The van der Waals surface area contributed by atoms with Crippen LogP contribution in [0.1, 0.15) is 24.5 Å². The van der Waals surface area contributed by atoms with Gasteiger partial charge in [0, 0.05) is 32.6 Å². The van der Waals surface area contributed by atoms with Gasteiger partial charge in [0.2, 0.25) is 15.9 Å². The Hall–Kier alpha value is -2.32. The van der Waals surface area contributed by atoms with Gasteiger partial charge in [0.05, 0.1) is 0 Å². The number of halogens is 2. The van der Waals surface area contributed by atoms with Gasteiger partial charge in [0.25, 0.3) is 0 Å². The van der Waals surface area contributed by atoms with Crippen LogP contribution in [0.2, 0.25) is 0 Å². The van der Waals surface area contributed by atoms with Crippen LogP contribution in [0.5, 0.6) is 0 Å². The van der Waals surface area contributed by atoms with E-state index in [4.69, 9.17) is 0 Å². The second-order valence-corrected chi connectivity index (χ2v) is 8.94. The van der Waals surface area contributed by atoms with Gasteiger partial charge < -0.3 is 4.90 Å². The molecule has 2 aromatic carbocycles.